The van der Waals surface area contributed by atoms with Gasteiger partial charge in [0.05, 0.1) is 11.9 Å². The van der Waals surface area contributed by atoms with Crippen LogP contribution < -0.4 is 5.49 Å². The summed E-state index contributed by atoms with van der Waals surface area (Å²) >= 11 is 0. The zero-order valence-electron chi connectivity index (χ0n) is 8.88. The van der Waals surface area contributed by atoms with Crippen LogP contribution in [0.3, 0.4) is 0 Å². The minimum absolute atomic E-state index is 0.920. The topological polar surface area (TPSA) is 30.2 Å². The third kappa shape index (κ3) is 1.96. The quantitative estimate of drug-likeness (QED) is 0.687. The zero-order chi connectivity index (χ0) is 10.7. The lowest BCUT2D eigenvalue weighted by atomic mass is 10.3. The predicted molar refractivity (Wildman–Crippen MR) is 59.8 cm³/mol. The Morgan fingerprint density at radius 2 is 2.07 bits per heavy atom. The summed E-state index contributed by atoms with van der Waals surface area (Å²) in [5.74, 6) is 0. The van der Waals surface area contributed by atoms with Gasteiger partial charge in [-0.05, 0) is 31.2 Å². The first-order valence-electron chi connectivity index (χ1n) is 4.85. The van der Waals surface area contributed by atoms with E-state index in [1.807, 2.05) is 54.2 Å². The molecule has 2 aromatic heterocycles. The fourth-order valence-electron chi connectivity index (χ4n) is 1.44. The molecule has 0 saturated heterocycles. The van der Waals surface area contributed by atoms with Crippen molar-refractivity contribution >= 4 is 0 Å². The van der Waals surface area contributed by atoms with Gasteiger partial charge in [-0.2, -0.15) is 0 Å². The van der Waals surface area contributed by atoms with Gasteiger partial charge < -0.3 is 4.57 Å². The fraction of sp³-hybridized carbons (Fsp3) is 0.167. The van der Waals surface area contributed by atoms with Crippen molar-refractivity contribution in [2.24, 2.45) is 4.99 Å². The van der Waals surface area contributed by atoms with Crippen LogP contribution >= 0.6 is 0 Å². The van der Waals surface area contributed by atoms with Crippen molar-refractivity contribution in [1.82, 2.24) is 9.55 Å². The minimum atomic E-state index is 0.920. The van der Waals surface area contributed by atoms with Crippen molar-refractivity contribution in [2.75, 3.05) is 7.05 Å². The largest absolute Gasteiger partial charge is 0.301 e. The summed E-state index contributed by atoms with van der Waals surface area (Å²) in [6.07, 6.45) is 3.83. The molecule has 0 N–H and O–H groups in total. The molecule has 2 aromatic rings. The Morgan fingerprint density at radius 1 is 1.20 bits per heavy atom. The Hall–Kier alpha value is -1.90. The van der Waals surface area contributed by atoms with E-state index in [4.69, 9.17) is 0 Å². The third-order valence-electron chi connectivity index (χ3n) is 2.24. The van der Waals surface area contributed by atoms with E-state index in [-0.39, 0.29) is 0 Å². The number of hydrogen-bond donors (Lipinski definition) is 0. The van der Waals surface area contributed by atoms with Crippen molar-refractivity contribution in [2.45, 2.75) is 6.92 Å². The van der Waals surface area contributed by atoms with E-state index in [0.717, 1.165) is 16.9 Å². The van der Waals surface area contributed by atoms with Gasteiger partial charge in [-0.25, -0.2) is 0 Å². The third-order valence-corrected chi connectivity index (χ3v) is 2.24. The van der Waals surface area contributed by atoms with E-state index in [0.29, 0.717) is 0 Å². The lowest BCUT2D eigenvalue weighted by Crippen LogP contribution is -2.17. The molecule has 0 amide bonds. The molecule has 0 fully saturated rings. The van der Waals surface area contributed by atoms with Crippen LogP contribution in [0.25, 0.3) is 5.69 Å². The molecule has 2 rings (SSSR count). The average molecular weight is 199 g/mol. The van der Waals surface area contributed by atoms with Gasteiger partial charge in [-0.15, -0.1) is 0 Å². The summed E-state index contributed by atoms with van der Waals surface area (Å²) < 4.78 is 2.01. The molecule has 0 bridgehead atoms. The second-order valence-electron chi connectivity index (χ2n) is 3.31. The molecule has 0 spiro atoms. The van der Waals surface area contributed by atoms with E-state index in [2.05, 4.69) is 9.98 Å². The highest BCUT2D eigenvalue weighted by Crippen LogP contribution is 2.03. The van der Waals surface area contributed by atoms with Crippen LogP contribution in [0.5, 0.6) is 0 Å². The van der Waals surface area contributed by atoms with E-state index < -0.39 is 0 Å². The van der Waals surface area contributed by atoms with Gasteiger partial charge in [-0.1, -0.05) is 6.07 Å². The average Bonchev–Trinajstić information content (AvgIpc) is 2.30. The van der Waals surface area contributed by atoms with Gasteiger partial charge in [0.25, 0.3) is 0 Å². The SMILES string of the molecule is CN=c1ccccn1-c1ccc(C)nc1. The molecule has 0 saturated carbocycles. The lowest BCUT2D eigenvalue weighted by molar-refractivity contribution is 0.927. The monoisotopic (exact) mass is 199 g/mol. The summed E-state index contributed by atoms with van der Waals surface area (Å²) in [7, 11) is 1.79. The van der Waals surface area contributed by atoms with Crippen molar-refractivity contribution in [3.05, 3.63) is 53.9 Å². The lowest BCUT2D eigenvalue weighted by Gasteiger charge is -2.06. The van der Waals surface area contributed by atoms with Gasteiger partial charge in [-0.3, -0.25) is 9.98 Å². The number of aromatic nitrogens is 2. The molecule has 76 valence electrons. The Labute approximate surface area is 88.8 Å². The highest BCUT2D eigenvalue weighted by Gasteiger charge is 1.95. The normalized spacial score (nSPS) is 11.7. The Morgan fingerprint density at radius 3 is 2.73 bits per heavy atom. The first-order valence-corrected chi connectivity index (χ1v) is 4.85. The number of nitrogens with zero attached hydrogens (tertiary/aromatic N) is 3. The fourth-order valence-corrected chi connectivity index (χ4v) is 1.44. The van der Waals surface area contributed by atoms with Gasteiger partial charge in [0, 0.05) is 18.9 Å². The highest BCUT2D eigenvalue weighted by atomic mass is 15.0. The smallest absolute Gasteiger partial charge is 0.131 e. The van der Waals surface area contributed by atoms with Crippen LogP contribution in [0.1, 0.15) is 5.69 Å². The molecule has 0 unspecified atom stereocenters. The zero-order valence-corrected chi connectivity index (χ0v) is 8.88. The van der Waals surface area contributed by atoms with Crippen molar-refractivity contribution in [3.63, 3.8) is 0 Å². The van der Waals surface area contributed by atoms with E-state index >= 15 is 0 Å². The standard InChI is InChI=1S/C12H13N3/c1-10-6-7-11(9-14-10)15-8-4-3-5-12(15)13-2/h3-9H,1-2H3. The van der Waals surface area contributed by atoms with Gasteiger partial charge >= 0.3 is 0 Å². The maximum absolute atomic E-state index is 4.27. The summed E-state index contributed by atoms with van der Waals surface area (Å²) in [5.41, 5.74) is 2.97. The van der Waals surface area contributed by atoms with E-state index in [1.54, 1.807) is 7.05 Å². The molecule has 2 heterocycles. The second-order valence-corrected chi connectivity index (χ2v) is 3.31. The number of aryl methyl sites for hydroxylation is 1. The minimum Gasteiger partial charge on any atom is -0.301 e. The molecule has 0 aromatic carbocycles. The van der Waals surface area contributed by atoms with E-state index in [1.165, 1.54) is 0 Å². The molecule has 3 heteroatoms. The Bertz CT molecular complexity index is 509. The molecule has 0 radical (unpaired) electrons. The first-order chi connectivity index (χ1) is 7.31. The van der Waals surface area contributed by atoms with Crippen LogP contribution in [-0.2, 0) is 0 Å². The summed E-state index contributed by atoms with van der Waals surface area (Å²) in [6, 6.07) is 9.96. The second kappa shape index (κ2) is 4.09. The molecule has 0 aliphatic carbocycles. The Balaban J connectivity index is 2.59. The highest BCUT2D eigenvalue weighted by molar-refractivity contribution is 5.29. The molecule has 0 aliphatic rings. The summed E-state index contributed by atoms with van der Waals surface area (Å²) in [4.78, 5) is 8.47. The number of rotatable bonds is 1. The molecule has 3 nitrogen and oxygen atoms in total. The van der Waals surface area contributed by atoms with Crippen LogP contribution in [-0.4, -0.2) is 16.6 Å². The van der Waals surface area contributed by atoms with Crippen molar-refractivity contribution in [3.8, 4) is 5.69 Å². The molecular formula is C12H13N3. The van der Waals surface area contributed by atoms with Gasteiger partial charge in [0.15, 0.2) is 0 Å². The number of pyridine rings is 2. The van der Waals surface area contributed by atoms with Crippen molar-refractivity contribution < 1.29 is 0 Å². The van der Waals surface area contributed by atoms with Crippen molar-refractivity contribution in [1.29, 1.82) is 0 Å². The molecule has 0 atom stereocenters. The van der Waals surface area contributed by atoms with Crippen LogP contribution in [0.15, 0.2) is 47.7 Å². The molecular weight excluding hydrogens is 186 g/mol. The maximum atomic E-state index is 4.27. The summed E-state index contributed by atoms with van der Waals surface area (Å²) in [6.45, 7) is 1.98. The molecule has 15 heavy (non-hydrogen) atoms. The van der Waals surface area contributed by atoms with Crippen LogP contribution in [0.2, 0.25) is 0 Å². The number of hydrogen-bond acceptors (Lipinski definition) is 2. The van der Waals surface area contributed by atoms with Crippen LogP contribution in [0.4, 0.5) is 0 Å². The predicted octanol–water partition coefficient (Wildman–Crippen LogP) is 1.71. The first kappa shape index (κ1) is 9.65. The van der Waals surface area contributed by atoms with Gasteiger partial charge in [0.1, 0.15) is 5.49 Å². The Kier molecular flexibility index (Phi) is 2.63. The van der Waals surface area contributed by atoms with Crippen LogP contribution in [0, 0.1) is 6.92 Å². The maximum Gasteiger partial charge on any atom is 0.131 e. The molecule has 0 aliphatic heterocycles. The van der Waals surface area contributed by atoms with Gasteiger partial charge in [0.2, 0.25) is 0 Å². The summed E-state index contributed by atoms with van der Waals surface area (Å²) in [5, 5.41) is 0. The van der Waals surface area contributed by atoms with E-state index in [9.17, 15) is 0 Å².